The zero-order chi connectivity index (χ0) is 12.0. The summed E-state index contributed by atoms with van der Waals surface area (Å²) in [7, 11) is 0. The standard InChI is InChI=1S/C10H13N3O3.2CH4/c11-5-12-6-13-9(14)7-1-3-8(4-2-7)10(15)16;;/h1-4,12H,5-6,11H2,(H,13,14)(H,15,16);2*1H4. The third-order valence-electron chi connectivity index (χ3n) is 1.91. The smallest absolute Gasteiger partial charge is 0.335 e. The average Bonchev–Trinajstić information content (AvgIpc) is 2.29. The van der Waals surface area contributed by atoms with Crippen molar-refractivity contribution in [3.05, 3.63) is 35.4 Å². The fraction of sp³-hybridized carbons (Fsp3) is 0.333. The van der Waals surface area contributed by atoms with Crippen molar-refractivity contribution in [1.29, 1.82) is 0 Å². The van der Waals surface area contributed by atoms with Gasteiger partial charge in [-0.05, 0) is 24.3 Å². The molecule has 102 valence electrons. The first-order valence-corrected chi connectivity index (χ1v) is 4.67. The number of rotatable bonds is 5. The molecule has 5 N–H and O–H groups in total. The van der Waals surface area contributed by atoms with Gasteiger partial charge in [0.2, 0.25) is 0 Å². The Kier molecular flexibility index (Phi) is 9.37. The van der Waals surface area contributed by atoms with Gasteiger partial charge in [-0.25, -0.2) is 4.79 Å². The van der Waals surface area contributed by atoms with Gasteiger partial charge in [0.25, 0.3) is 5.91 Å². The zero-order valence-electron chi connectivity index (χ0n) is 8.56. The van der Waals surface area contributed by atoms with Crippen LogP contribution in [0.25, 0.3) is 0 Å². The number of nitrogens with one attached hydrogen (secondary N) is 2. The lowest BCUT2D eigenvalue weighted by molar-refractivity contribution is 0.0696. The third kappa shape index (κ3) is 5.42. The Hall–Kier alpha value is -1.92. The summed E-state index contributed by atoms with van der Waals surface area (Å²) < 4.78 is 0. The fourth-order valence-electron chi connectivity index (χ4n) is 1.08. The van der Waals surface area contributed by atoms with E-state index in [0.717, 1.165) is 0 Å². The Labute approximate surface area is 107 Å². The molecule has 1 aromatic carbocycles. The minimum absolute atomic E-state index is 0. The Bertz CT molecular complexity index is 377. The van der Waals surface area contributed by atoms with E-state index in [4.69, 9.17) is 10.8 Å². The lowest BCUT2D eigenvalue weighted by Gasteiger charge is -2.05. The van der Waals surface area contributed by atoms with Crippen molar-refractivity contribution in [2.45, 2.75) is 14.9 Å². The Balaban J connectivity index is 0. The molecule has 0 saturated heterocycles. The van der Waals surface area contributed by atoms with Crippen LogP contribution in [0.4, 0.5) is 0 Å². The van der Waals surface area contributed by atoms with E-state index in [1.54, 1.807) is 0 Å². The Morgan fingerprint density at radius 3 is 2.06 bits per heavy atom. The van der Waals surface area contributed by atoms with Crippen molar-refractivity contribution in [3.8, 4) is 0 Å². The number of carboxylic acid groups (broad SMARTS) is 1. The summed E-state index contributed by atoms with van der Waals surface area (Å²) in [4.78, 5) is 22.0. The molecule has 0 spiro atoms. The summed E-state index contributed by atoms with van der Waals surface area (Å²) in [5, 5.41) is 14.0. The van der Waals surface area contributed by atoms with Gasteiger partial charge in [-0.2, -0.15) is 0 Å². The van der Waals surface area contributed by atoms with Crippen LogP contribution in [-0.2, 0) is 0 Å². The first kappa shape index (κ1) is 18.4. The Morgan fingerprint density at radius 2 is 1.61 bits per heavy atom. The molecule has 1 amide bonds. The number of benzene rings is 1. The summed E-state index contributed by atoms with van der Waals surface area (Å²) in [6, 6.07) is 5.68. The van der Waals surface area contributed by atoms with Gasteiger partial charge in [-0.1, -0.05) is 14.9 Å². The number of hydrogen-bond acceptors (Lipinski definition) is 4. The molecule has 0 aliphatic carbocycles. The SMILES string of the molecule is C.C.NCNCNC(=O)c1ccc(C(=O)O)cc1. The van der Waals surface area contributed by atoms with Crippen LogP contribution in [0.5, 0.6) is 0 Å². The molecule has 0 aromatic heterocycles. The molecule has 18 heavy (non-hydrogen) atoms. The first-order chi connectivity index (χ1) is 7.65. The molecule has 0 aliphatic heterocycles. The third-order valence-corrected chi connectivity index (χ3v) is 1.91. The lowest BCUT2D eigenvalue weighted by atomic mass is 10.1. The number of nitrogens with two attached hydrogens (primary N) is 1. The second kappa shape index (κ2) is 9.15. The highest BCUT2D eigenvalue weighted by atomic mass is 16.4. The topological polar surface area (TPSA) is 104 Å². The number of amides is 1. The van der Waals surface area contributed by atoms with Crippen LogP contribution < -0.4 is 16.4 Å². The van der Waals surface area contributed by atoms with E-state index in [2.05, 4.69) is 10.6 Å². The van der Waals surface area contributed by atoms with E-state index in [-0.39, 0.29) is 39.7 Å². The number of carboxylic acids is 1. The second-order valence-corrected chi connectivity index (χ2v) is 3.02. The number of hydrogen-bond donors (Lipinski definition) is 4. The van der Waals surface area contributed by atoms with Crippen LogP contribution in [0.1, 0.15) is 35.6 Å². The molecule has 0 fully saturated rings. The summed E-state index contributed by atoms with van der Waals surface area (Å²) in [5.41, 5.74) is 5.73. The molecular formula is C12H21N3O3. The quantitative estimate of drug-likeness (QED) is 0.461. The van der Waals surface area contributed by atoms with Gasteiger partial charge in [0.05, 0.1) is 12.2 Å². The average molecular weight is 255 g/mol. The maximum atomic E-state index is 11.5. The van der Waals surface area contributed by atoms with Gasteiger partial charge in [0, 0.05) is 12.2 Å². The van der Waals surface area contributed by atoms with E-state index in [9.17, 15) is 9.59 Å². The predicted molar refractivity (Wildman–Crippen MR) is 71.4 cm³/mol. The van der Waals surface area contributed by atoms with Crippen LogP contribution in [0, 0.1) is 0 Å². The van der Waals surface area contributed by atoms with Gasteiger partial charge in [-0.3, -0.25) is 10.1 Å². The van der Waals surface area contributed by atoms with Crippen molar-refractivity contribution in [2.75, 3.05) is 13.3 Å². The molecule has 0 atom stereocenters. The van der Waals surface area contributed by atoms with Crippen molar-refractivity contribution >= 4 is 11.9 Å². The predicted octanol–water partition coefficient (Wildman–Crippen LogP) is 0.850. The Morgan fingerprint density at radius 1 is 1.11 bits per heavy atom. The van der Waals surface area contributed by atoms with E-state index < -0.39 is 5.97 Å². The van der Waals surface area contributed by atoms with Crippen LogP contribution >= 0.6 is 0 Å². The maximum absolute atomic E-state index is 11.5. The van der Waals surface area contributed by atoms with E-state index in [0.29, 0.717) is 5.56 Å². The van der Waals surface area contributed by atoms with Crippen LogP contribution in [0.15, 0.2) is 24.3 Å². The molecule has 6 nitrogen and oxygen atoms in total. The number of carbonyl (C=O) groups is 2. The van der Waals surface area contributed by atoms with Crippen LogP contribution in [-0.4, -0.2) is 30.3 Å². The highest BCUT2D eigenvalue weighted by Crippen LogP contribution is 2.04. The lowest BCUT2D eigenvalue weighted by Crippen LogP contribution is -2.36. The normalized spacial score (nSPS) is 8.72. The molecule has 6 heteroatoms. The van der Waals surface area contributed by atoms with Gasteiger partial charge in [-0.15, -0.1) is 0 Å². The van der Waals surface area contributed by atoms with E-state index >= 15 is 0 Å². The molecule has 0 heterocycles. The second-order valence-electron chi connectivity index (χ2n) is 3.02. The molecule has 1 aromatic rings. The monoisotopic (exact) mass is 255 g/mol. The van der Waals surface area contributed by atoms with Crippen LogP contribution in [0.3, 0.4) is 0 Å². The van der Waals surface area contributed by atoms with Gasteiger partial charge in [0.15, 0.2) is 0 Å². The molecule has 0 saturated carbocycles. The largest absolute Gasteiger partial charge is 0.478 e. The number of carbonyl (C=O) groups excluding carboxylic acids is 1. The molecule has 0 radical (unpaired) electrons. The van der Waals surface area contributed by atoms with Crippen LogP contribution in [0.2, 0.25) is 0 Å². The first-order valence-electron chi connectivity index (χ1n) is 4.67. The van der Waals surface area contributed by atoms with E-state index in [1.807, 2.05) is 0 Å². The highest BCUT2D eigenvalue weighted by molar-refractivity contribution is 5.95. The van der Waals surface area contributed by atoms with Gasteiger partial charge >= 0.3 is 5.97 Å². The van der Waals surface area contributed by atoms with Crippen molar-refractivity contribution in [2.24, 2.45) is 5.73 Å². The molecule has 1 rings (SSSR count). The van der Waals surface area contributed by atoms with Crippen molar-refractivity contribution < 1.29 is 14.7 Å². The zero-order valence-corrected chi connectivity index (χ0v) is 8.56. The number of aromatic carboxylic acids is 1. The minimum atomic E-state index is -1.02. The summed E-state index contributed by atoms with van der Waals surface area (Å²) in [6.07, 6.45) is 0. The summed E-state index contributed by atoms with van der Waals surface area (Å²) in [6.45, 7) is 0.550. The summed E-state index contributed by atoms with van der Waals surface area (Å²) >= 11 is 0. The molecule has 0 bridgehead atoms. The summed E-state index contributed by atoms with van der Waals surface area (Å²) in [5.74, 6) is -1.30. The molecule has 0 unspecified atom stereocenters. The maximum Gasteiger partial charge on any atom is 0.335 e. The van der Waals surface area contributed by atoms with Gasteiger partial charge in [0.1, 0.15) is 0 Å². The van der Waals surface area contributed by atoms with Crippen molar-refractivity contribution in [1.82, 2.24) is 10.6 Å². The minimum Gasteiger partial charge on any atom is -0.478 e. The molecular weight excluding hydrogens is 234 g/mol. The van der Waals surface area contributed by atoms with Crippen molar-refractivity contribution in [3.63, 3.8) is 0 Å². The van der Waals surface area contributed by atoms with E-state index in [1.165, 1.54) is 24.3 Å². The highest BCUT2D eigenvalue weighted by Gasteiger charge is 2.06. The molecule has 0 aliphatic rings. The van der Waals surface area contributed by atoms with Gasteiger partial charge < -0.3 is 16.2 Å². The fourth-order valence-corrected chi connectivity index (χ4v) is 1.08.